The molecule has 2 atom stereocenters. The van der Waals surface area contributed by atoms with Crippen molar-refractivity contribution in [2.24, 2.45) is 11.8 Å². The van der Waals surface area contributed by atoms with E-state index < -0.39 is 5.97 Å². The summed E-state index contributed by atoms with van der Waals surface area (Å²) in [6.07, 6.45) is 0.679. The van der Waals surface area contributed by atoms with E-state index in [0.717, 1.165) is 15.8 Å². The number of carboxylic acid groups (broad SMARTS) is 1. The molecule has 4 nitrogen and oxygen atoms in total. The normalized spacial score (nSPS) is 14.0. The van der Waals surface area contributed by atoms with Gasteiger partial charge < -0.3 is 15.2 Å². The second-order valence-electron chi connectivity index (χ2n) is 5.68. The van der Waals surface area contributed by atoms with Crippen LogP contribution >= 0.6 is 15.9 Å². The number of benzene rings is 1. The van der Waals surface area contributed by atoms with Crippen LogP contribution in [0.1, 0.15) is 38.8 Å². The fourth-order valence-electron chi connectivity index (χ4n) is 2.26. The van der Waals surface area contributed by atoms with Crippen molar-refractivity contribution in [3.8, 4) is 5.75 Å². The van der Waals surface area contributed by atoms with Crippen molar-refractivity contribution in [1.82, 2.24) is 5.32 Å². The van der Waals surface area contributed by atoms with E-state index in [1.54, 1.807) is 7.11 Å². The Labute approximate surface area is 135 Å². The minimum Gasteiger partial charge on any atom is -0.497 e. The molecule has 5 heteroatoms. The first kappa shape index (κ1) is 18.0. The Balaban J connectivity index is 2.67. The highest BCUT2D eigenvalue weighted by Crippen LogP contribution is 2.27. The number of carbonyl (C=O) groups is 1. The average molecular weight is 358 g/mol. The van der Waals surface area contributed by atoms with Gasteiger partial charge in [0.25, 0.3) is 0 Å². The molecule has 1 rings (SSSR count). The summed E-state index contributed by atoms with van der Waals surface area (Å²) in [7, 11) is 1.63. The Morgan fingerprint density at radius 3 is 2.52 bits per heavy atom. The molecule has 0 saturated heterocycles. The largest absolute Gasteiger partial charge is 0.497 e. The molecule has 0 spiro atoms. The molecule has 0 fully saturated rings. The van der Waals surface area contributed by atoms with Gasteiger partial charge >= 0.3 is 5.97 Å². The zero-order chi connectivity index (χ0) is 16.0. The first-order valence-electron chi connectivity index (χ1n) is 7.14. The summed E-state index contributed by atoms with van der Waals surface area (Å²) in [5.74, 6) is 0.0682. The molecule has 21 heavy (non-hydrogen) atoms. The Bertz CT molecular complexity index is 477. The van der Waals surface area contributed by atoms with Gasteiger partial charge in [0, 0.05) is 17.1 Å². The van der Waals surface area contributed by atoms with Gasteiger partial charge in [-0.15, -0.1) is 0 Å². The number of aliphatic carboxylic acids is 1. The maximum atomic E-state index is 11.3. The molecule has 2 unspecified atom stereocenters. The summed E-state index contributed by atoms with van der Waals surface area (Å²) in [4.78, 5) is 11.3. The van der Waals surface area contributed by atoms with Crippen molar-refractivity contribution in [2.75, 3.05) is 13.7 Å². The van der Waals surface area contributed by atoms with E-state index >= 15 is 0 Å². The SMILES string of the molecule is COc1ccc(C(C)NCC(CC(C)C)C(=O)O)c(Br)c1. The minimum atomic E-state index is -0.739. The second-order valence-corrected chi connectivity index (χ2v) is 6.54. The molecule has 0 radical (unpaired) electrons. The molecule has 0 heterocycles. The second kappa shape index (κ2) is 8.39. The predicted octanol–water partition coefficient (Wildman–Crippen LogP) is 3.86. The number of halogens is 1. The highest BCUT2D eigenvalue weighted by atomic mass is 79.9. The van der Waals surface area contributed by atoms with Crippen molar-refractivity contribution in [3.63, 3.8) is 0 Å². The molecule has 0 aliphatic carbocycles. The van der Waals surface area contributed by atoms with Crippen LogP contribution in [0.15, 0.2) is 22.7 Å². The first-order valence-corrected chi connectivity index (χ1v) is 7.94. The molecule has 118 valence electrons. The fraction of sp³-hybridized carbons (Fsp3) is 0.562. The van der Waals surface area contributed by atoms with E-state index in [4.69, 9.17) is 4.74 Å². The van der Waals surface area contributed by atoms with Crippen LogP contribution in [0.4, 0.5) is 0 Å². The number of hydrogen-bond acceptors (Lipinski definition) is 3. The van der Waals surface area contributed by atoms with Gasteiger partial charge in [0.05, 0.1) is 13.0 Å². The standard InChI is InChI=1S/C16H24BrNO3/c1-10(2)7-12(16(19)20)9-18-11(3)14-6-5-13(21-4)8-15(14)17/h5-6,8,10-12,18H,7,9H2,1-4H3,(H,19,20). The molecule has 0 bridgehead atoms. The van der Waals surface area contributed by atoms with Crippen molar-refractivity contribution < 1.29 is 14.6 Å². The van der Waals surface area contributed by atoms with Crippen LogP contribution in [-0.2, 0) is 4.79 Å². The van der Waals surface area contributed by atoms with E-state index in [1.165, 1.54) is 0 Å². The van der Waals surface area contributed by atoms with Gasteiger partial charge in [-0.3, -0.25) is 4.79 Å². The number of carboxylic acids is 1. The van der Waals surface area contributed by atoms with Crippen molar-refractivity contribution in [2.45, 2.75) is 33.2 Å². The molecule has 0 saturated carbocycles. The lowest BCUT2D eigenvalue weighted by molar-refractivity contribution is -0.142. The molecule has 1 aromatic carbocycles. The highest BCUT2D eigenvalue weighted by molar-refractivity contribution is 9.10. The smallest absolute Gasteiger partial charge is 0.307 e. The van der Waals surface area contributed by atoms with Crippen LogP contribution in [0.2, 0.25) is 0 Å². The predicted molar refractivity (Wildman–Crippen MR) is 87.7 cm³/mol. The van der Waals surface area contributed by atoms with Crippen LogP contribution in [0.25, 0.3) is 0 Å². The Morgan fingerprint density at radius 2 is 2.05 bits per heavy atom. The van der Waals surface area contributed by atoms with Crippen LogP contribution in [0.3, 0.4) is 0 Å². The summed E-state index contributed by atoms with van der Waals surface area (Å²) < 4.78 is 6.13. The Kier molecular flexibility index (Phi) is 7.18. The Morgan fingerprint density at radius 1 is 1.38 bits per heavy atom. The molecule has 0 aliphatic heterocycles. The van der Waals surface area contributed by atoms with E-state index in [2.05, 4.69) is 21.2 Å². The summed E-state index contributed by atoms with van der Waals surface area (Å²) in [6, 6.07) is 5.87. The number of methoxy groups -OCH3 is 1. The molecule has 2 N–H and O–H groups in total. The van der Waals surface area contributed by atoms with Crippen LogP contribution in [0.5, 0.6) is 5.75 Å². The van der Waals surface area contributed by atoms with Crippen molar-refractivity contribution in [1.29, 1.82) is 0 Å². The number of ether oxygens (including phenoxy) is 1. The third-order valence-electron chi connectivity index (χ3n) is 3.45. The van der Waals surface area contributed by atoms with E-state index in [-0.39, 0.29) is 12.0 Å². The van der Waals surface area contributed by atoms with Gasteiger partial charge in [-0.2, -0.15) is 0 Å². The third kappa shape index (κ3) is 5.67. The quantitative estimate of drug-likeness (QED) is 0.741. The number of nitrogens with one attached hydrogen (secondary N) is 1. The first-order chi connectivity index (χ1) is 9.85. The zero-order valence-corrected chi connectivity index (χ0v) is 14.6. The van der Waals surface area contributed by atoms with Gasteiger partial charge in [-0.05, 0) is 37.0 Å². The lowest BCUT2D eigenvalue weighted by atomic mass is 9.96. The lowest BCUT2D eigenvalue weighted by Gasteiger charge is -2.20. The van der Waals surface area contributed by atoms with Crippen molar-refractivity contribution in [3.05, 3.63) is 28.2 Å². The molecule has 0 aliphatic rings. The fourth-order valence-corrected chi connectivity index (χ4v) is 2.96. The van der Waals surface area contributed by atoms with Gasteiger partial charge in [0.2, 0.25) is 0 Å². The topological polar surface area (TPSA) is 58.6 Å². The molecular weight excluding hydrogens is 334 g/mol. The van der Waals surface area contributed by atoms with E-state index in [0.29, 0.717) is 18.9 Å². The summed E-state index contributed by atoms with van der Waals surface area (Å²) in [5, 5.41) is 12.6. The van der Waals surface area contributed by atoms with Crippen molar-refractivity contribution >= 4 is 21.9 Å². The van der Waals surface area contributed by atoms with E-state index in [1.807, 2.05) is 39.0 Å². The van der Waals surface area contributed by atoms with Gasteiger partial charge in [0.1, 0.15) is 5.75 Å². The summed E-state index contributed by atoms with van der Waals surface area (Å²) in [5.41, 5.74) is 1.09. The number of rotatable bonds is 8. The molecular formula is C16H24BrNO3. The Hall–Kier alpha value is -1.07. The average Bonchev–Trinajstić information content (AvgIpc) is 2.42. The van der Waals surface area contributed by atoms with Gasteiger partial charge in [0.15, 0.2) is 0 Å². The highest BCUT2D eigenvalue weighted by Gasteiger charge is 2.20. The van der Waals surface area contributed by atoms with Crippen LogP contribution in [0, 0.1) is 11.8 Å². The number of hydrogen-bond donors (Lipinski definition) is 2. The van der Waals surface area contributed by atoms with Gasteiger partial charge in [-0.1, -0.05) is 35.8 Å². The lowest BCUT2D eigenvalue weighted by Crippen LogP contribution is -2.31. The van der Waals surface area contributed by atoms with Gasteiger partial charge in [-0.25, -0.2) is 0 Å². The molecule has 1 aromatic rings. The zero-order valence-electron chi connectivity index (χ0n) is 13.0. The monoisotopic (exact) mass is 357 g/mol. The maximum Gasteiger partial charge on any atom is 0.307 e. The van der Waals surface area contributed by atoms with Crippen LogP contribution in [-0.4, -0.2) is 24.7 Å². The molecule has 0 amide bonds. The molecule has 0 aromatic heterocycles. The summed E-state index contributed by atoms with van der Waals surface area (Å²) in [6.45, 7) is 6.58. The third-order valence-corrected chi connectivity index (χ3v) is 4.14. The van der Waals surface area contributed by atoms with Crippen LogP contribution < -0.4 is 10.1 Å². The minimum absolute atomic E-state index is 0.0688. The maximum absolute atomic E-state index is 11.3. The summed E-state index contributed by atoms with van der Waals surface area (Å²) >= 11 is 3.53. The van der Waals surface area contributed by atoms with E-state index in [9.17, 15) is 9.90 Å².